The minimum atomic E-state index is -1.00. The molecule has 6 heteroatoms. The van der Waals surface area contributed by atoms with Crippen molar-refractivity contribution in [1.29, 1.82) is 0 Å². The van der Waals surface area contributed by atoms with Gasteiger partial charge in [-0.1, -0.05) is 13.8 Å². The van der Waals surface area contributed by atoms with Crippen LogP contribution in [0, 0.1) is 5.41 Å². The van der Waals surface area contributed by atoms with Crippen LogP contribution in [-0.4, -0.2) is 27.0 Å². The van der Waals surface area contributed by atoms with Crippen LogP contribution in [0.5, 0.6) is 0 Å². The summed E-state index contributed by atoms with van der Waals surface area (Å²) in [5.74, 6) is -1.28. The number of amides is 1. The Balaban J connectivity index is 2.71. The second-order valence-corrected chi connectivity index (χ2v) is 4.14. The number of rotatable bonds is 6. The molecule has 0 aromatic carbocycles. The molecule has 0 radical (unpaired) electrons. The molecule has 0 fully saturated rings. The Morgan fingerprint density at radius 2 is 1.83 bits per heavy atom. The zero-order valence-corrected chi connectivity index (χ0v) is 10.5. The molecule has 1 aromatic heterocycles. The van der Waals surface area contributed by atoms with Gasteiger partial charge in [0.2, 0.25) is 5.91 Å². The lowest BCUT2D eigenvalue weighted by molar-refractivity contribution is -0.151. The minimum Gasteiger partial charge on any atom is -0.481 e. The Hall–Kier alpha value is -1.98. The van der Waals surface area contributed by atoms with E-state index in [1.54, 1.807) is 13.8 Å². The molecule has 2 N–H and O–H groups in total. The molecule has 0 bridgehead atoms. The molecular formula is C12H17N3O3. The van der Waals surface area contributed by atoms with Crippen molar-refractivity contribution < 1.29 is 14.7 Å². The van der Waals surface area contributed by atoms with Crippen molar-refractivity contribution >= 4 is 17.6 Å². The molecule has 0 saturated carbocycles. The fraction of sp³-hybridized carbons (Fsp3) is 0.500. The molecule has 0 atom stereocenters. The van der Waals surface area contributed by atoms with Crippen LogP contribution in [-0.2, 0) is 9.59 Å². The van der Waals surface area contributed by atoms with Gasteiger partial charge in [-0.3, -0.25) is 9.59 Å². The lowest BCUT2D eigenvalue weighted by atomic mass is 9.79. The highest BCUT2D eigenvalue weighted by Gasteiger charge is 2.37. The predicted octanol–water partition coefficient (Wildman–Crippen LogP) is 1.70. The number of carboxylic acid groups (broad SMARTS) is 1. The van der Waals surface area contributed by atoms with E-state index < -0.39 is 11.4 Å². The molecule has 0 aliphatic heterocycles. The zero-order chi connectivity index (χ0) is 13.6. The van der Waals surface area contributed by atoms with E-state index in [0.29, 0.717) is 18.5 Å². The molecule has 0 spiro atoms. The van der Waals surface area contributed by atoms with Gasteiger partial charge in [0.15, 0.2) is 0 Å². The highest BCUT2D eigenvalue weighted by molar-refractivity contribution is 5.93. The lowest BCUT2D eigenvalue weighted by Gasteiger charge is -2.25. The van der Waals surface area contributed by atoms with Crippen molar-refractivity contribution in [2.75, 3.05) is 5.32 Å². The number of aromatic nitrogens is 2. The maximum Gasteiger partial charge on any atom is 0.310 e. The molecule has 1 heterocycles. The summed E-state index contributed by atoms with van der Waals surface area (Å²) >= 11 is 0. The van der Waals surface area contributed by atoms with Gasteiger partial charge in [0.05, 0.1) is 23.5 Å². The number of hydrogen-bond acceptors (Lipinski definition) is 4. The van der Waals surface area contributed by atoms with Crippen LogP contribution < -0.4 is 5.32 Å². The van der Waals surface area contributed by atoms with E-state index in [9.17, 15) is 14.7 Å². The molecule has 18 heavy (non-hydrogen) atoms. The lowest BCUT2D eigenvalue weighted by Crippen LogP contribution is -2.34. The summed E-state index contributed by atoms with van der Waals surface area (Å²) in [4.78, 5) is 30.6. The predicted molar refractivity (Wildman–Crippen MR) is 65.9 cm³/mol. The summed E-state index contributed by atoms with van der Waals surface area (Å²) in [6.45, 7) is 3.55. The van der Waals surface area contributed by atoms with Gasteiger partial charge in [0, 0.05) is 6.42 Å². The second-order valence-electron chi connectivity index (χ2n) is 4.14. The highest BCUT2D eigenvalue weighted by Crippen LogP contribution is 2.31. The Bertz CT molecular complexity index is 416. The molecule has 1 amide bonds. The summed E-state index contributed by atoms with van der Waals surface area (Å²) < 4.78 is 0. The summed E-state index contributed by atoms with van der Waals surface area (Å²) in [6.07, 6.45) is 5.06. The quantitative estimate of drug-likeness (QED) is 0.802. The molecule has 1 aromatic rings. The van der Waals surface area contributed by atoms with Gasteiger partial charge in [-0.2, -0.15) is 0 Å². The number of carboxylic acids is 1. The molecule has 1 rings (SSSR count). The van der Waals surface area contributed by atoms with E-state index in [2.05, 4.69) is 15.3 Å². The van der Waals surface area contributed by atoms with Gasteiger partial charge in [-0.15, -0.1) is 0 Å². The number of nitrogens with one attached hydrogen (secondary N) is 1. The standard InChI is InChI=1S/C12H17N3O3/c1-3-12(4-2,11(17)18)5-10(16)15-9-6-13-8-14-7-9/h6-8H,3-5H2,1-2H3,(H,15,16)(H,17,18). The first-order valence-electron chi connectivity index (χ1n) is 5.82. The van der Waals surface area contributed by atoms with E-state index in [0.717, 1.165) is 0 Å². The Labute approximate surface area is 105 Å². The normalized spacial score (nSPS) is 11.0. The van der Waals surface area contributed by atoms with Crippen molar-refractivity contribution in [2.24, 2.45) is 5.41 Å². The molecular weight excluding hydrogens is 234 g/mol. The average Bonchev–Trinajstić information content (AvgIpc) is 2.37. The fourth-order valence-corrected chi connectivity index (χ4v) is 1.75. The van der Waals surface area contributed by atoms with E-state index in [-0.39, 0.29) is 12.3 Å². The third-order valence-corrected chi connectivity index (χ3v) is 3.15. The number of carbonyl (C=O) groups is 2. The van der Waals surface area contributed by atoms with Crippen LogP contribution in [0.2, 0.25) is 0 Å². The van der Waals surface area contributed by atoms with Gasteiger partial charge in [0.25, 0.3) is 0 Å². The van der Waals surface area contributed by atoms with Crippen LogP contribution in [0.4, 0.5) is 5.69 Å². The first-order chi connectivity index (χ1) is 8.54. The SMILES string of the molecule is CCC(CC)(CC(=O)Nc1cncnc1)C(=O)O. The number of aliphatic carboxylic acids is 1. The zero-order valence-electron chi connectivity index (χ0n) is 10.5. The minimum absolute atomic E-state index is 0.0514. The number of hydrogen-bond donors (Lipinski definition) is 2. The smallest absolute Gasteiger partial charge is 0.310 e. The van der Waals surface area contributed by atoms with Crippen molar-refractivity contribution in [2.45, 2.75) is 33.1 Å². The van der Waals surface area contributed by atoms with Gasteiger partial charge in [-0.05, 0) is 12.8 Å². The summed E-state index contributed by atoms with van der Waals surface area (Å²) in [5.41, 5.74) is -0.534. The molecule has 6 nitrogen and oxygen atoms in total. The summed E-state index contributed by atoms with van der Waals surface area (Å²) in [6, 6.07) is 0. The average molecular weight is 251 g/mol. The van der Waals surface area contributed by atoms with Gasteiger partial charge in [-0.25, -0.2) is 9.97 Å². The van der Waals surface area contributed by atoms with Gasteiger partial charge >= 0.3 is 5.97 Å². The van der Waals surface area contributed by atoms with Crippen molar-refractivity contribution in [3.63, 3.8) is 0 Å². The van der Waals surface area contributed by atoms with Crippen molar-refractivity contribution in [3.05, 3.63) is 18.7 Å². The molecule has 0 aliphatic carbocycles. The molecule has 98 valence electrons. The molecule has 0 aliphatic rings. The van der Waals surface area contributed by atoms with Gasteiger partial charge in [0.1, 0.15) is 6.33 Å². The summed E-state index contributed by atoms with van der Waals surface area (Å²) in [7, 11) is 0. The Morgan fingerprint density at radius 1 is 1.28 bits per heavy atom. The largest absolute Gasteiger partial charge is 0.481 e. The van der Waals surface area contributed by atoms with Gasteiger partial charge < -0.3 is 10.4 Å². The third-order valence-electron chi connectivity index (χ3n) is 3.15. The fourth-order valence-electron chi connectivity index (χ4n) is 1.75. The van der Waals surface area contributed by atoms with Crippen LogP contribution in [0.25, 0.3) is 0 Å². The molecule has 0 unspecified atom stereocenters. The maximum atomic E-state index is 11.8. The van der Waals surface area contributed by atoms with Crippen LogP contribution in [0.1, 0.15) is 33.1 Å². The number of anilines is 1. The first kappa shape index (κ1) is 14.1. The van der Waals surface area contributed by atoms with E-state index >= 15 is 0 Å². The monoisotopic (exact) mass is 251 g/mol. The second kappa shape index (κ2) is 6.09. The van der Waals surface area contributed by atoms with Crippen molar-refractivity contribution in [3.8, 4) is 0 Å². The van der Waals surface area contributed by atoms with Crippen LogP contribution >= 0.6 is 0 Å². The number of nitrogens with zero attached hydrogens (tertiary/aromatic N) is 2. The van der Waals surface area contributed by atoms with Crippen molar-refractivity contribution in [1.82, 2.24) is 9.97 Å². The van der Waals surface area contributed by atoms with E-state index in [1.165, 1.54) is 18.7 Å². The Kier molecular flexibility index (Phi) is 4.76. The van der Waals surface area contributed by atoms with E-state index in [1.807, 2.05) is 0 Å². The topological polar surface area (TPSA) is 92.2 Å². The Morgan fingerprint density at radius 3 is 2.28 bits per heavy atom. The third kappa shape index (κ3) is 3.26. The number of carbonyl (C=O) groups excluding carboxylic acids is 1. The highest BCUT2D eigenvalue weighted by atomic mass is 16.4. The summed E-state index contributed by atoms with van der Waals surface area (Å²) in [5, 5.41) is 11.8. The maximum absolute atomic E-state index is 11.8. The van der Waals surface area contributed by atoms with Crippen LogP contribution in [0.15, 0.2) is 18.7 Å². The first-order valence-corrected chi connectivity index (χ1v) is 5.82. The van der Waals surface area contributed by atoms with Crippen LogP contribution in [0.3, 0.4) is 0 Å². The van der Waals surface area contributed by atoms with E-state index in [4.69, 9.17) is 0 Å². The molecule has 0 saturated heterocycles.